The van der Waals surface area contributed by atoms with Gasteiger partial charge in [-0.05, 0) is 55.2 Å². The van der Waals surface area contributed by atoms with Gasteiger partial charge in [0.05, 0.1) is 24.6 Å². The Morgan fingerprint density at radius 1 is 1.12 bits per heavy atom. The van der Waals surface area contributed by atoms with Gasteiger partial charge in [-0.1, -0.05) is 41.4 Å². The lowest BCUT2D eigenvalue weighted by molar-refractivity contribution is -0.152. The molecule has 2 aromatic rings. The third-order valence-corrected chi connectivity index (χ3v) is 7.29. The smallest absolute Gasteiger partial charge is 0.326 e. The molecule has 2 saturated heterocycles. The van der Waals surface area contributed by atoms with Crippen LogP contribution in [0.5, 0.6) is 0 Å². The van der Waals surface area contributed by atoms with Gasteiger partial charge in [-0.25, -0.2) is 4.90 Å². The molecule has 4 rings (SSSR count). The summed E-state index contributed by atoms with van der Waals surface area (Å²) in [5.74, 6) is -2.18. The molecular formula is C24H25ClN2O4S. The number of aryl methyl sites for hydroxylation is 1. The first kappa shape index (κ1) is 22.8. The number of fused-ring (bicyclic) bond motifs is 1. The average Bonchev–Trinajstić information content (AvgIpc) is 3.27. The predicted molar refractivity (Wildman–Crippen MR) is 126 cm³/mol. The number of carbonyl (C=O) groups excluding carboxylic acids is 3. The lowest BCUT2D eigenvalue weighted by Crippen LogP contribution is -2.56. The van der Waals surface area contributed by atoms with E-state index in [1.54, 1.807) is 36.0 Å². The van der Waals surface area contributed by atoms with Crippen molar-refractivity contribution >= 4 is 46.8 Å². The third-order valence-electron chi connectivity index (χ3n) is 6.43. The second kappa shape index (κ2) is 8.89. The number of imide groups is 1. The molecule has 2 aliphatic heterocycles. The number of nitrogens with one attached hydrogen (secondary N) is 1. The molecule has 0 bridgehead atoms. The first-order valence-corrected chi connectivity index (χ1v) is 12.2. The Morgan fingerprint density at radius 2 is 1.78 bits per heavy atom. The number of esters is 1. The van der Waals surface area contributed by atoms with Crippen LogP contribution in [0.1, 0.15) is 23.6 Å². The van der Waals surface area contributed by atoms with Crippen molar-refractivity contribution in [1.29, 1.82) is 0 Å². The number of benzene rings is 2. The predicted octanol–water partition coefficient (Wildman–Crippen LogP) is 3.76. The van der Waals surface area contributed by atoms with Crippen molar-refractivity contribution in [3.8, 4) is 0 Å². The van der Waals surface area contributed by atoms with E-state index in [9.17, 15) is 14.4 Å². The Hall–Kier alpha value is -2.35. The molecule has 0 unspecified atom stereocenters. The highest BCUT2D eigenvalue weighted by Gasteiger charge is 2.68. The van der Waals surface area contributed by atoms with E-state index in [0.29, 0.717) is 22.9 Å². The van der Waals surface area contributed by atoms with Crippen LogP contribution in [-0.4, -0.2) is 42.4 Å². The molecule has 0 saturated carbocycles. The molecule has 4 atom stereocenters. The van der Waals surface area contributed by atoms with Crippen LogP contribution < -0.4 is 10.2 Å². The van der Waals surface area contributed by atoms with Gasteiger partial charge in [-0.3, -0.25) is 19.7 Å². The summed E-state index contributed by atoms with van der Waals surface area (Å²) in [6, 6.07) is 13.9. The lowest BCUT2D eigenvalue weighted by Gasteiger charge is -2.32. The van der Waals surface area contributed by atoms with Crippen LogP contribution in [0.2, 0.25) is 5.02 Å². The number of nitrogens with zero attached hydrogens (tertiary/aromatic N) is 1. The van der Waals surface area contributed by atoms with Gasteiger partial charge in [0.15, 0.2) is 0 Å². The number of carbonyl (C=O) groups is 3. The molecule has 32 heavy (non-hydrogen) atoms. The molecule has 2 heterocycles. The van der Waals surface area contributed by atoms with Gasteiger partial charge in [-0.15, -0.1) is 0 Å². The highest BCUT2D eigenvalue weighted by molar-refractivity contribution is 7.98. The normalized spacial score (nSPS) is 27.0. The summed E-state index contributed by atoms with van der Waals surface area (Å²) < 4.78 is 5.17. The summed E-state index contributed by atoms with van der Waals surface area (Å²) in [5.41, 5.74) is 1.04. The molecule has 0 spiro atoms. The largest absolute Gasteiger partial charge is 0.468 e. The van der Waals surface area contributed by atoms with Crippen molar-refractivity contribution in [2.75, 3.05) is 24.0 Å². The maximum atomic E-state index is 13.7. The average molecular weight is 473 g/mol. The zero-order chi connectivity index (χ0) is 23.0. The SMILES string of the molecule is COC(=O)[C@]1(CCSC)N[C@H](c2ccc(Cl)cc2)[C@H]2C(=O)N(c3ccc(C)cc3)C(=O)[C@H]21. The van der Waals surface area contributed by atoms with Gasteiger partial charge in [0.1, 0.15) is 5.54 Å². The minimum atomic E-state index is -1.29. The molecule has 2 amide bonds. The number of thioether (sulfide) groups is 1. The molecule has 1 N–H and O–H groups in total. The fourth-order valence-corrected chi connectivity index (χ4v) is 5.52. The number of hydrogen-bond acceptors (Lipinski definition) is 6. The number of halogens is 1. The maximum Gasteiger partial charge on any atom is 0.326 e. The summed E-state index contributed by atoms with van der Waals surface area (Å²) in [6.45, 7) is 1.94. The van der Waals surface area contributed by atoms with Crippen molar-refractivity contribution in [1.82, 2.24) is 5.32 Å². The van der Waals surface area contributed by atoms with E-state index in [0.717, 1.165) is 11.1 Å². The molecule has 6 nitrogen and oxygen atoms in total. The summed E-state index contributed by atoms with van der Waals surface area (Å²) in [5, 5.41) is 3.94. The number of rotatable bonds is 6. The molecule has 2 aromatic carbocycles. The van der Waals surface area contributed by atoms with Gasteiger partial charge < -0.3 is 4.74 Å². The van der Waals surface area contributed by atoms with E-state index in [2.05, 4.69) is 5.32 Å². The summed E-state index contributed by atoms with van der Waals surface area (Å²) in [6.07, 6.45) is 2.31. The fourth-order valence-electron chi connectivity index (χ4n) is 4.87. The topological polar surface area (TPSA) is 75.7 Å². The summed E-state index contributed by atoms with van der Waals surface area (Å²) in [4.78, 5) is 41.8. The van der Waals surface area contributed by atoms with Gasteiger partial charge in [0.2, 0.25) is 11.8 Å². The van der Waals surface area contributed by atoms with Crippen LogP contribution in [0.3, 0.4) is 0 Å². The van der Waals surface area contributed by atoms with Crippen LogP contribution in [0.25, 0.3) is 0 Å². The minimum absolute atomic E-state index is 0.314. The number of ether oxygens (including phenoxy) is 1. The van der Waals surface area contributed by atoms with Crippen LogP contribution in [0.4, 0.5) is 5.69 Å². The van der Waals surface area contributed by atoms with Crippen LogP contribution >= 0.6 is 23.4 Å². The quantitative estimate of drug-likeness (QED) is 0.509. The Labute approximate surface area is 196 Å². The van der Waals surface area contributed by atoms with Crippen molar-refractivity contribution in [2.45, 2.75) is 24.9 Å². The maximum absolute atomic E-state index is 13.7. The summed E-state index contributed by atoms with van der Waals surface area (Å²) >= 11 is 7.64. The van der Waals surface area contributed by atoms with Crippen LogP contribution in [0.15, 0.2) is 48.5 Å². The highest BCUT2D eigenvalue weighted by atomic mass is 35.5. The monoisotopic (exact) mass is 472 g/mol. The minimum Gasteiger partial charge on any atom is -0.468 e. The molecule has 2 fully saturated rings. The number of anilines is 1. The molecule has 0 aromatic heterocycles. The molecule has 168 valence electrons. The summed E-state index contributed by atoms with van der Waals surface area (Å²) in [7, 11) is 1.31. The van der Waals surface area contributed by atoms with E-state index >= 15 is 0 Å². The van der Waals surface area contributed by atoms with Crippen LogP contribution in [-0.2, 0) is 19.1 Å². The number of hydrogen-bond donors (Lipinski definition) is 1. The third kappa shape index (κ3) is 3.62. The van der Waals surface area contributed by atoms with Crippen molar-refractivity contribution in [3.63, 3.8) is 0 Å². The zero-order valence-electron chi connectivity index (χ0n) is 18.1. The van der Waals surface area contributed by atoms with E-state index in [-0.39, 0.29) is 11.8 Å². The second-order valence-electron chi connectivity index (χ2n) is 8.23. The van der Waals surface area contributed by atoms with Gasteiger partial charge >= 0.3 is 5.97 Å². The first-order valence-electron chi connectivity index (χ1n) is 10.4. The highest BCUT2D eigenvalue weighted by Crippen LogP contribution is 2.51. The van der Waals surface area contributed by atoms with Gasteiger partial charge in [0, 0.05) is 11.1 Å². The standard InChI is InChI=1S/C24H25ClN2O4S/c1-14-4-10-17(11-5-14)27-21(28)18-19(22(27)29)24(12-13-32-3,23(30)31-2)26-20(18)15-6-8-16(25)9-7-15/h4-11,18-20,26H,12-13H2,1-3H3/t18-,19-,20+,24+/m0/s1. The van der Waals surface area contributed by atoms with Crippen molar-refractivity contribution < 1.29 is 19.1 Å². The first-order chi connectivity index (χ1) is 15.3. The zero-order valence-corrected chi connectivity index (χ0v) is 19.7. The Balaban J connectivity index is 1.85. The molecule has 0 radical (unpaired) electrons. The van der Waals surface area contributed by atoms with E-state index in [1.165, 1.54) is 12.0 Å². The van der Waals surface area contributed by atoms with Gasteiger partial charge in [0.25, 0.3) is 0 Å². The molecule has 8 heteroatoms. The molecular weight excluding hydrogens is 448 g/mol. The van der Waals surface area contributed by atoms with Crippen molar-refractivity contribution in [2.24, 2.45) is 11.8 Å². The van der Waals surface area contributed by atoms with Crippen LogP contribution in [0, 0.1) is 18.8 Å². The van der Waals surface area contributed by atoms with Crippen molar-refractivity contribution in [3.05, 3.63) is 64.7 Å². The molecule has 2 aliphatic rings. The lowest BCUT2D eigenvalue weighted by atomic mass is 9.78. The number of methoxy groups -OCH3 is 1. The Morgan fingerprint density at radius 3 is 2.38 bits per heavy atom. The van der Waals surface area contributed by atoms with E-state index < -0.39 is 29.4 Å². The van der Waals surface area contributed by atoms with E-state index in [1.807, 2.05) is 37.4 Å². The Kier molecular flexibility index (Phi) is 6.34. The second-order valence-corrected chi connectivity index (χ2v) is 9.65. The Bertz CT molecular complexity index is 1040. The van der Waals surface area contributed by atoms with Gasteiger partial charge in [-0.2, -0.15) is 11.8 Å². The van der Waals surface area contributed by atoms with E-state index in [4.69, 9.17) is 16.3 Å². The molecule has 0 aliphatic carbocycles. The fraction of sp³-hybridized carbons (Fsp3) is 0.375. The number of amides is 2.